The summed E-state index contributed by atoms with van der Waals surface area (Å²) >= 11 is 7.05. The number of halogens is 2. The maximum Gasteiger partial charge on any atom is 0.527 e. The van der Waals surface area contributed by atoms with E-state index in [0.29, 0.717) is 12.0 Å². The SMILES string of the molecule is CC[C@H]1S[C@@H](n2ccc(NC(=O)c3ccccc3)nc2=O)[C@@H](F)[C@@H]1OP(=O)(O)Oc1ccccc1Cl. The topological polar surface area (TPSA) is 120 Å². The van der Waals surface area contributed by atoms with Crippen molar-refractivity contribution in [3.8, 4) is 5.75 Å². The summed E-state index contributed by atoms with van der Waals surface area (Å²) in [7, 11) is -4.75. The first-order valence-electron chi connectivity index (χ1n) is 10.9. The van der Waals surface area contributed by atoms with E-state index in [4.69, 9.17) is 20.6 Å². The third-order valence-electron chi connectivity index (χ3n) is 5.36. The van der Waals surface area contributed by atoms with Crippen molar-refractivity contribution in [1.29, 1.82) is 0 Å². The predicted octanol–water partition coefficient (Wildman–Crippen LogP) is 5.08. The number of carbonyl (C=O) groups excluding carboxylic acids is 1. The monoisotopic (exact) mass is 553 g/mol. The van der Waals surface area contributed by atoms with Gasteiger partial charge in [-0.15, -0.1) is 11.8 Å². The maximum absolute atomic E-state index is 15.5. The number of hydrogen-bond donors (Lipinski definition) is 2. The molecule has 0 saturated carbocycles. The van der Waals surface area contributed by atoms with Crippen LogP contribution in [0.15, 0.2) is 71.7 Å². The standard InChI is InChI=1S/C23H22ClFN3O6PS/c1-2-17-20(34-35(31,32)33-16-11-7-6-10-15(16)24)19(25)22(36-17)28-13-12-18(27-23(28)30)26-21(29)14-8-4-3-5-9-14/h3-13,17,19-20,22H,2H2,1H3,(H,31,32)(H,26,27,29,30)/t17-,19+,20-,22-/m1/s1. The molecule has 2 heterocycles. The van der Waals surface area contributed by atoms with Crippen LogP contribution in [0.2, 0.25) is 5.02 Å². The molecule has 13 heteroatoms. The number of nitrogens with zero attached hydrogens (tertiary/aromatic N) is 2. The molecule has 0 aliphatic carbocycles. The van der Waals surface area contributed by atoms with E-state index in [1.54, 1.807) is 49.4 Å². The van der Waals surface area contributed by atoms with Gasteiger partial charge in [-0.25, -0.2) is 13.8 Å². The third kappa shape index (κ3) is 5.99. The molecular formula is C23H22ClFN3O6PS. The van der Waals surface area contributed by atoms with E-state index in [9.17, 15) is 19.0 Å². The Balaban J connectivity index is 1.49. The lowest BCUT2D eigenvalue weighted by atomic mass is 10.1. The zero-order valence-corrected chi connectivity index (χ0v) is 21.3. The van der Waals surface area contributed by atoms with E-state index in [0.717, 1.165) is 16.3 Å². The summed E-state index contributed by atoms with van der Waals surface area (Å²) in [4.78, 5) is 39.1. The molecule has 5 atom stereocenters. The summed E-state index contributed by atoms with van der Waals surface area (Å²) in [6.07, 6.45) is -1.47. The number of amides is 1. The van der Waals surface area contributed by atoms with Crippen molar-refractivity contribution in [2.75, 3.05) is 5.32 Å². The van der Waals surface area contributed by atoms with Gasteiger partial charge < -0.3 is 9.84 Å². The van der Waals surface area contributed by atoms with Crippen LogP contribution in [-0.4, -0.2) is 37.9 Å². The minimum absolute atomic E-state index is 0.0105. The van der Waals surface area contributed by atoms with Crippen LogP contribution in [0, 0.1) is 0 Å². The van der Waals surface area contributed by atoms with Gasteiger partial charge in [0.05, 0.1) is 5.02 Å². The van der Waals surface area contributed by atoms with Crippen LogP contribution in [0.5, 0.6) is 5.75 Å². The Morgan fingerprint density at radius 1 is 1.22 bits per heavy atom. The highest BCUT2D eigenvalue weighted by atomic mass is 35.5. The second kappa shape index (κ2) is 11.1. The average molecular weight is 554 g/mol. The van der Waals surface area contributed by atoms with Gasteiger partial charge in [-0.3, -0.25) is 18.8 Å². The van der Waals surface area contributed by atoms with Crippen molar-refractivity contribution >= 4 is 42.9 Å². The Kier molecular flexibility index (Phi) is 8.17. The van der Waals surface area contributed by atoms with Crippen molar-refractivity contribution in [1.82, 2.24) is 9.55 Å². The summed E-state index contributed by atoms with van der Waals surface area (Å²) in [5.41, 5.74) is -0.409. The molecule has 1 aliphatic rings. The smallest absolute Gasteiger partial charge is 0.403 e. The van der Waals surface area contributed by atoms with Gasteiger partial charge in [-0.1, -0.05) is 48.9 Å². The van der Waals surface area contributed by atoms with Crippen LogP contribution in [0.3, 0.4) is 0 Å². The van der Waals surface area contributed by atoms with Gasteiger partial charge in [-0.2, -0.15) is 4.98 Å². The number of aromatic nitrogens is 2. The Bertz CT molecular complexity index is 1350. The molecule has 36 heavy (non-hydrogen) atoms. The number of anilines is 1. The summed E-state index contributed by atoms with van der Waals surface area (Å²) in [5.74, 6) is -0.517. The third-order valence-corrected chi connectivity index (χ3v) is 8.32. The van der Waals surface area contributed by atoms with E-state index in [1.807, 2.05) is 0 Å². The molecule has 1 saturated heterocycles. The number of rotatable bonds is 8. The Hall–Kier alpha value is -2.69. The fourth-order valence-corrected chi connectivity index (χ4v) is 6.48. The normalized spacial score (nSPS) is 23.1. The van der Waals surface area contributed by atoms with Crippen LogP contribution in [-0.2, 0) is 9.09 Å². The lowest BCUT2D eigenvalue weighted by Crippen LogP contribution is -2.34. The van der Waals surface area contributed by atoms with Crippen LogP contribution >= 0.6 is 31.2 Å². The van der Waals surface area contributed by atoms with Gasteiger partial charge >= 0.3 is 13.5 Å². The zero-order chi connectivity index (χ0) is 25.9. The molecule has 1 aromatic heterocycles. The summed E-state index contributed by atoms with van der Waals surface area (Å²) in [5, 5.41) is 1.00. The molecule has 1 amide bonds. The summed E-state index contributed by atoms with van der Waals surface area (Å²) in [6.45, 7) is 1.77. The van der Waals surface area contributed by atoms with Crippen LogP contribution < -0.4 is 15.5 Å². The Morgan fingerprint density at radius 3 is 2.58 bits per heavy atom. The van der Waals surface area contributed by atoms with Crippen LogP contribution in [0.1, 0.15) is 29.1 Å². The van der Waals surface area contributed by atoms with E-state index < -0.39 is 42.3 Å². The fraction of sp³-hybridized carbons (Fsp3) is 0.261. The number of thioether (sulfide) groups is 1. The zero-order valence-electron chi connectivity index (χ0n) is 18.9. The molecule has 1 aliphatic heterocycles. The van der Waals surface area contributed by atoms with Crippen molar-refractivity contribution in [3.05, 3.63) is 87.9 Å². The lowest BCUT2D eigenvalue weighted by Gasteiger charge is -2.23. The van der Waals surface area contributed by atoms with Crippen molar-refractivity contribution in [2.24, 2.45) is 0 Å². The van der Waals surface area contributed by atoms with Gasteiger partial charge in [0, 0.05) is 17.0 Å². The molecule has 4 rings (SSSR count). The van der Waals surface area contributed by atoms with E-state index >= 15 is 4.39 Å². The lowest BCUT2D eigenvalue weighted by molar-refractivity contribution is 0.0664. The largest absolute Gasteiger partial charge is 0.527 e. The number of phosphoric acid groups is 1. The molecule has 2 aromatic carbocycles. The second-order valence-corrected chi connectivity index (χ2v) is 10.9. The molecule has 0 spiro atoms. The van der Waals surface area contributed by atoms with Gasteiger partial charge in [0.25, 0.3) is 5.91 Å². The van der Waals surface area contributed by atoms with Gasteiger partial charge in [0.15, 0.2) is 6.17 Å². The first kappa shape index (κ1) is 26.4. The first-order valence-corrected chi connectivity index (χ1v) is 13.7. The molecule has 1 unspecified atom stereocenters. The molecule has 0 bridgehead atoms. The molecule has 2 N–H and O–H groups in total. The quantitative estimate of drug-likeness (QED) is 0.371. The maximum atomic E-state index is 15.5. The molecule has 190 valence electrons. The van der Waals surface area contributed by atoms with Crippen molar-refractivity contribution in [3.63, 3.8) is 0 Å². The number of hydrogen-bond acceptors (Lipinski definition) is 7. The minimum atomic E-state index is -4.75. The summed E-state index contributed by atoms with van der Waals surface area (Å²) in [6, 6.07) is 15.8. The van der Waals surface area contributed by atoms with Crippen molar-refractivity contribution < 1.29 is 27.7 Å². The van der Waals surface area contributed by atoms with E-state index in [-0.39, 0.29) is 16.6 Å². The summed E-state index contributed by atoms with van der Waals surface area (Å²) < 4.78 is 39.5. The highest BCUT2D eigenvalue weighted by Gasteiger charge is 2.49. The Morgan fingerprint density at radius 2 is 1.92 bits per heavy atom. The highest BCUT2D eigenvalue weighted by molar-refractivity contribution is 8.00. The molecule has 9 nitrogen and oxygen atoms in total. The van der Waals surface area contributed by atoms with Crippen molar-refractivity contribution in [2.45, 2.75) is 36.2 Å². The van der Waals surface area contributed by atoms with Gasteiger partial charge in [0.1, 0.15) is 23.0 Å². The predicted molar refractivity (Wildman–Crippen MR) is 135 cm³/mol. The van der Waals surface area contributed by atoms with Gasteiger partial charge in [0.2, 0.25) is 0 Å². The number of benzene rings is 2. The first-order chi connectivity index (χ1) is 17.2. The van der Waals surface area contributed by atoms with Gasteiger partial charge in [-0.05, 0) is 36.8 Å². The average Bonchev–Trinajstić information content (AvgIpc) is 3.15. The molecular weight excluding hydrogens is 532 g/mol. The van der Waals surface area contributed by atoms with E-state index in [2.05, 4.69) is 10.3 Å². The molecule has 3 aromatic rings. The minimum Gasteiger partial charge on any atom is -0.403 e. The number of nitrogens with one attached hydrogen (secondary N) is 1. The molecule has 1 fully saturated rings. The number of alkyl halides is 1. The second-order valence-electron chi connectivity index (χ2n) is 7.80. The highest BCUT2D eigenvalue weighted by Crippen LogP contribution is 2.54. The van der Waals surface area contributed by atoms with Crippen LogP contribution in [0.25, 0.3) is 0 Å². The number of carbonyl (C=O) groups is 1. The Labute approximate surface area is 215 Å². The number of phosphoric ester groups is 1. The number of para-hydroxylation sites is 1. The van der Waals surface area contributed by atoms with Crippen LogP contribution in [0.4, 0.5) is 10.2 Å². The fourth-order valence-electron chi connectivity index (χ4n) is 3.64. The molecule has 0 radical (unpaired) electrons. The van der Waals surface area contributed by atoms with E-state index in [1.165, 1.54) is 24.4 Å².